The van der Waals surface area contributed by atoms with E-state index in [1.54, 1.807) is 20.8 Å². The molecule has 23 heavy (non-hydrogen) atoms. The third-order valence-electron chi connectivity index (χ3n) is 3.60. The lowest BCUT2D eigenvalue weighted by Crippen LogP contribution is -2.14. The molecule has 0 amide bonds. The van der Waals surface area contributed by atoms with Crippen molar-refractivity contribution < 1.29 is 17.5 Å². The number of aromatic nitrogens is 3. The van der Waals surface area contributed by atoms with Crippen LogP contribution in [0.15, 0.2) is 26.6 Å². The van der Waals surface area contributed by atoms with Crippen molar-refractivity contribution in [3.8, 4) is 10.7 Å². The zero-order valence-corrected chi connectivity index (χ0v) is 14.4. The number of hydrogen-bond donors (Lipinski definition) is 0. The number of sulfone groups is 1. The fourth-order valence-electron chi connectivity index (χ4n) is 2.09. The second-order valence-electron chi connectivity index (χ2n) is 5.19. The molecule has 0 aromatic carbocycles. The summed E-state index contributed by atoms with van der Waals surface area (Å²) in [4.78, 5) is 5.04. The van der Waals surface area contributed by atoms with Gasteiger partial charge in [0.15, 0.2) is 9.84 Å². The van der Waals surface area contributed by atoms with E-state index < -0.39 is 15.1 Å². The summed E-state index contributed by atoms with van der Waals surface area (Å²) in [6, 6.07) is 3.72. The highest BCUT2D eigenvalue weighted by atomic mass is 32.2. The summed E-state index contributed by atoms with van der Waals surface area (Å²) in [5, 5.41) is 8.62. The lowest BCUT2D eigenvalue weighted by Gasteiger charge is -2.08. The van der Waals surface area contributed by atoms with E-state index in [-0.39, 0.29) is 11.6 Å². The van der Waals surface area contributed by atoms with E-state index in [0.717, 1.165) is 4.88 Å². The van der Waals surface area contributed by atoms with E-state index in [0.29, 0.717) is 22.8 Å². The molecule has 0 N–H and O–H groups in total. The molecule has 0 bridgehead atoms. The predicted octanol–water partition coefficient (Wildman–Crippen LogP) is 3.08. The van der Waals surface area contributed by atoms with Crippen LogP contribution in [-0.4, -0.2) is 23.7 Å². The zero-order valence-electron chi connectivity index (χ0n) is 12.8. The summed E-state index contributed by atoms with van der Waals surface area (Å²) in [5.74, 6) is 0.809. The van der Waals surface area contributed by atoms with Gasteiger partial charge in [-0.05, 0) is 32.2 Å². The van der Waals surface area contributed by atoms with Crippen molar-refractivity contribution in [3.05, 3.63) is 40.4 Å². The predicted molar refractivity (Wildman–Crippen MR) is 84.6 cm³/mol. The highest BCUT2D eigenvalue weighted by Gasteiger charge is 2.30. The van der Waals surface area contributed by atoms with Gasteiger partial charge in [0.05, 0.1) is 16.3 Å². The highest BCUT2D eigenvalue weighted by Crippen LogP contribution is 2.29. The molecule has 0 saturated heterocycles. The molecule has 3 heterocycles. The first-order chi connectivity index (χ1) is 10.9. The zero-order chi connectivity index (χ0) is 16.6. The van der Waals surface area contributed by atoms with Gasteiger partial charge >= 0.3 is 0 Å². The Labute approximate surface area is 137 Å². The molecule has 0 radical (unpaired) electrons. The maximum Gasteiger partial charge on any atom is 0.245 e. The van der Waals surface area contributed by atoms with E-state index in [2.05, 4.69) is 15.3 Å². The molecular weight excluding hydrogens is 338 g/mol. The molecule has 3 aromatic heterocycles. The number of hydrogen-bond acceptors (Lipinski definition) is 8. The van der Waals surface area contributed by atoms with Gasteiger partial charge in [-0.15, -0.1) is 11.3 Å². The normalized spacial score (nSPS) is 13.3. The second kappa shape index (κ2) is 5.89. The lowest BCUT2D eigenvalue weighted by molar-refractivity contribution is 0.377. The van der Waals surface area contributed by atoms with Gasteiger partial charge in [-0.3, -0.25) is 0 Å². The Morgan fingerprint density at radius 3 is 2.65 bits per heavy atom. The Bertz CT molecular complexity index is 890. The molecular formula is C14H15N3O4S2. The van der Waals surface area contributed by atoms with Crippen molar-refractivity contribution in [2.24, 2.45) is 0 Å². The third-order valence-corrected chi connectivity index (χ3v) is 6.43. The van der Waals surface area contributed by atoms with Gasteiger partial charge < -0.3 is 9.05 Å². The monoisotopic (exact) mass is 353 g/mol. The van der Waals surface area contributed by atoms with Gasteiger partial charge in [-0.25, -0.2) is 8.42 Å². The summed E-state index contributed by atoms with van der Waals surface area (Å²) in [5.41, 5.74) is 1.15. The maximum absolute atomic E-state index is 12.6. The molecule has 0 fully saturated rings. The van der Waals surface area contributed by atoms with Crippen molar-refractivity contribution in [2.45, 2.75) is 31.8 Å². The van der Waals surface area contributed by atoms with Crippen LogP contribution in [0.1, 0.15) is 35.1 Å². The number of aryl methyl sites for hydroxylation is 2. The van der Waals surface area contributed by atoms with Gasteiger partial charge in [0, 0.05) is 5.56 Å². The van der Waals surface area contributed by atoms with E-state index in [4.69, 9.17) is 9.05 Å². The molecule has 0 aliphatic rings. The molecule has 3 rings (SSSR count). The number of thiophene rings is 1. The highest BCUT2D eigenvalue weighted by molar-refractivity contribution is 7.90. The van der Waals surface area contributed by atoms with Gasteiger partial charge in [-0.2, -0.15) is 4.98 Å². The number of nitrogens with zero attached hydrogens (tertiary/aromatic N) is 3. The maximum atomic E-state index is 12.6. The van der Waals surface area contributed by atoms with Crippen molar-refractivity contribution in [1.29, 1.82) is 0 Å². The summed E-state index contributed by atoms with van der Waals surface area (Å²) < 4.78 is 35.4. The lowest BCUT2D eigenvalue weighted by atomic mass is 10.2. The van der Waals surface area contributed by atoms with Crippen molar-refractivity contribution in [2.75, 3.05) is 0 Å². The summed E-state index contributed by atoms with van der Waals surface area (Å²) >= 11 is 1.46. The van der Waals surface area contributed by atoms with Crippen LogP contribution in [-0.2, 0) is 15.6 Å². The minimum atomic E-state index is -3.53. The third kappa shape index (κ3) is 3.06. The average molecular weight is 353 g/mol. The van der Waals surface area contributed by atoms with E-state index in [1.165, 1.54) is 11.3 Å². The Hall–Kier alpha value is -2.00. The Balaban J connectivity index is 1.86. The molecule has 0 unspecified atom stereocenters. The smallest absolute Gasteiger partial charge is 0.245 e. The minimum Gasteiger partial charge on any atom is -0.361 e. The first kappa shape index (κ1) is 15.9. The Morgan fingerprint density at radius 1 is 1.26 bits per heavy atom. The second-order valence-corrected chi connectivity index (χ2v) is 8.45. The topological polar surface area (TPSA) is 99.1 Å². The van der Waals surface area contributed by atoms with Crippen LogP contribution in [0, 0.1) is 13.8 Å². The fourth-order valence-corrected chi connectivity index (χ4v) is 4.21. The molecule has 1 atom stereocenters. The van der Waals surface area contributed by atoms with E-state index >= 15 is 0 Å². The molecule has 0 aliphatic heterocycles. The molecule has 122 valence electrons. The van der Waals surface area contributed by atoms with Gasteiger partial charge in [0.1, 0.15) is 11.0 Å². The van der Waals surface area contributed by atoms with Gasteiger partial charge in [0.25, 0.3) is 0 Å². The minimum absolute atomic E-state index is 0.0835. The molecule has 9 heteroatoms. The quantitative estimate of drug-likeness (QED) is 0.695. The van der Waals surface area contributed by atoms with Crippen molar-refractivity contribution >= 4 is 21.2 Å². The van der Waals surface area contributed by atoms with Crippen molar-refractivity contribution in [3.63, 3.8) is 0 Å². The summed E-state index contributed by atoms with van der Waals surface area (Å²) in [7, 11) is -3.53. The van der Waals surface area contributed by atoms with Crippen LogP contribution in [0.4, 0.5) is 0 Å². The largest absolute Gasteiger partial charge is 0.361 e. The van der Waals surface area contributed by atoms with Gasteiger partial charge in [0.2, 0.25) is 11.7 Å². The summed E-state index contributed by atoms with van der Waals surface area (Å²) in [6.45, 7) is 4.95. The van der Waals surface area contributed by atoms with Crippen LogP contribution < -0.4 is 0 Å². The van der Waals surface area contributed by atoms with E-state index in [1.807, 2.05) is 17.5 Å². The summed E-state index contributed by atoms with van der Waals surface area (Å²) in [6.07, 6.45) is 0. The first-order valence-electron chi connectivity index (χ1n) is 6.89. The average Bonchev–Trinajstić information content (AvgIpc) is 3.23. The SMILES string of the molecule is Cc1noc(C)c1CS(=O)(=O)[C@@H](C)c1nc(-c2cccs2)no1. The first-order valence-corrected chi connectivity index (χ1v) is 9.49. The van der Waals surface area contributed by atoms with Crippen molar-refractivity contribution in [1.82, 2.24) is 15.3 Å². The van der Waals surface area contributed by atoms with Crippen LogP contribution >= 0.6 is 11.3 Å². The molecule has 7 nitrogen and oxygen atoms in total. The van der Waals surface area contributed by atoms with E-state index in [9.17, 15) is 8.42 Å². The molecule has 3 aromatic rings. The molecule has 0 spiro atoms. The van der Waals surface area contributed by atoms with Crippen LogP contribution in [0.3, 0.4) is 0 Å². The standard InChI is InChI=1S/C14H15N3O4S2/c1-8-11(9(2)20-16-8)7-23(18,19)10(3)14-15-13(17-21-14)12-5-4-6-22-12/h4-6,10H,7H2,1-3H3/t10-/m0/s1. The molecule has 0 saturated carbocycles. The van der Waals surface area contributed by atoms with Crippen LogP contribution in [0.25, 0.3) is 10.7 Å². The number of rotatable bonds is 5. The van der Waals surface area contributed by atoms with Gasteiger partial charge in [-0.1, -0.05) is 16.4 Å². The molecule has 0 aliphatic carbocycles. The van der Waals surface area contributed by atoms with Crippen LogP contribution in [0.5, 0.6) is 0 Å². The Kier molecular flexibility index (Phi) is 4.07. The Morgan fingerprint density at radius 2 is 2.04 bits per heavy atom. The fraction of sp³-hybridized carbons (Fsp3) is 0.357. The van der Waals surface area contributed by atoms with Crippen LogP contribution in [0.2, 0.25) is 0 Å².